The van der Waals surface area contributed by atoms with Crippen LogP contribution >= 0.6 is 11.8 Å². The van der Waals surface area contributed by atoms with Gasteiger partial charge in [0.05, 0.1) is 28.0 Å². The van der Waals surface area contributed by atoms with Gasteiger partial charge in [0.1, 0.15) is 5.82 Å². The number of aromatic amines is 1. The molecule has 0 spiro atoms. The van der Waals surface area contributed by atoms with Crippen LogP contribution in [0.4, 0.5) is 5.69 Å². The number of imidazole rings is 1. The predicted octanol–water partition coefficient (Wildman–Crippen LogP) is 3.24. The minimum absolute atomic E-state index is 0.120. The second-order valence-corrected chi connectivity index (χ2v) is 7.47. The zero-order valence-corrected chi connectivity index (χ0v) is 15.0. The van der Waals surface area contributed by atoms with Crippen molar-refractivity contribution in [1.82, 2.24) is 15.3 Å². The number of H-pyrrole nitrogens is 1. The largest absolute Gasteiger partial charge is 0.346 e. The molecule has 0 bridgehead atoms. The lowest BCUT2D eigenvalue weighted by Gasteiger charge is -2.24. The third-order valence-electron chi connectivity index (χ3n) is 4.27. The van der Waals surface area contributed by atoms with Gasteiger partial charge in [0.15, 0.2) is 0 Å². The summed E-state index contributed by atoms with van der Waals surface area (Å²) in [7, 11) is 0. The van der Waals surface area contributed by atoms with Gasteiger partial charge in [-0.3, -0.25) is 9.59 Å². The van der Waals surface area contributed by atoms with Crippen molar-refractivity contribution in [3.05, 3.63) is 54.4 Å². The molecule has 26 heavy (non-hydrogen) atoms. The number of hydrogen-bond donors (Lipinski definition) is 3. The summed E-state index contributed by atoms with van der Waals surface area (Å²) in [4.78, 5) is 33.4. The number of amides is 2. The molecule has 0 radical (unpaired) electrons. The molecule has 3 aromatic rings. The van der Waals surface area contributed by atoms with E-state index in [-0.39, 0.29) is 24.3 Å². The molecule has 1 aliphatic heterocycles. The molecule has 2 aromatic carbocycles. The van der Waals surface area contributed by atoms with E-state index in [1.807, 2.05) is 55.5 Å². The summed E-state index contributed by atoms with van der Waals surface area (Å²) < 4.78 is 0. The number of fused-ring (bicyclic) bond motifs is 2. The molecule has 2 heterocycles. The minimum Gasteiger partial charge on any atom is -0.346 e. The van der Waals surface area contributed by atoms with Gasteiger partial charge >= 0.3 is 0 Å². The number of hydrogen-bond acceptors (Lipinski definition) is 4. The maximum Gasteiger partial charge on any atom is 0.238 e. The molecular formula is C19H18N4O2S. The van der Waals surface area contributed by atoms with Crippen molar-refractivity contribution in [1.29, 1.82) is 0 Å². The fourth-order valence-electron chi connectivity index (χ4n) is 2.94. The topological polar surface area (TPSA) is 86.9 Å². The predicted molar refractivity (Wildman–Crippen MR) is 102 cm³/mol. The van der Waals surface area contributed by atoms with Crippen LogP contribution in [0.5, 0.6) is 0 Å². The Balaban J connectivity index is 1.41. The summed E-state index contributed by atoms with van der Waals surface area (Å²) in [5.41, 5.74) is 2.60. The van der Waals surface area contributed by atoms with Crippen LogP contribution in [-0.2, 0) is 9.59 Å². The number of anilines is 1. The van der Waals surface area contributed by atoms with E-state index < -0.39 is 5.25 Å². The summed E-state index contributed by atoms with van der Waals surface area (Å²) in [6.07, 6.45) is 0.120. The van der Waals surface area contributed by atoms with Gasteiger partial charge in [-0.2, -0.15) is 0 Å². The minimum atomic E-state index is -0.437. The van der Waals surface area contributed by atoms with Crippen molar-refractivity contribution >= 4 is 40.3 Å². The molecule has 0 aliphatic carbocycles. The highest BCUT2D eigenvalue weighted by Crippen LogP contribution is 2.36. The van der Waals surface area contributed by atoms with E-state index >= 15 is 0 Å². The Hall–Kier alpha value is -2.80. The van der Waals surface area contributed by atoms with Crippen molar-refractivity contribution in [2.24, 2.45) is 0 Å². The first-order chi connectivity index (χ1) is 12.6. The van der Waals surface area contributed by atoms with Crippen molar-refractivity contribution < 1.29 is 9.59 Å². The van der Waals surface area contributed by atoms with Crippen LogP contribution in [0, 0.1) is 0 Å². The Labute approximate surface area is 154 Å². The van der Waals surface area contributed by atoms with E-state index in [4.69, 9.17) is 0 Å². The quantitative estimate of drug-likeness (QED) is 0.661. The Bertz CT molecular complexity index is 951. The third kappa shape index (κ3) is 3.30. The van der Waals surface area contributed by atoms with Gasteiger partial charge in [-0.15, -0.1) is 11.8 Å². The number of aromatic nitrogens is 2. The smallest absolute Gasteiger partial charge is 0.238 e. The summed E-state index contributed by atoms with van der Waals surface area (Å²) >= 11 is 1.42. The van der Waals surface area contributed by atoms with Crippen LogP contribution in [0.25, 0.3) is 11.0 Å². The number of para-hydroxylation sites is 3. The zero-order valence-electron chi connectivity index (χ0n) is 14.2. The summed E-state index contributed by atoms with van der Waals surface area (Å²) in [6, 6.07) is 15.1. The first kappa shape index (κ1) is 16.7. The number of benzene rings is 2. The molecule has 1 aromatic heterocycles. The number of rotatable bonds is 4. The highest BCUT2D eigenvalue weighted by molar-refractivity contribution is 8.01. The normalized spacial score (nSPS) is 17.4. The van der Waals surface area contributed by atoms with Gasteiger partial charge < -0.3 is 15.6 Å². The molecule has 1 aliphatic rings. The standard InChI is InChI=1S/C19H18N4O2S/c1-11(18-21-12-6-2-3-7-13(12)22-18)20-17(24)10-16-19(25)23-14-8-4-5-9-15(14)26-16/h2-9,11,16H,10H2,1H3,(H,20,24)(H,21,22)(H,23,25)/t11-,16-/m0/s1. The molecule has 0 unspecified atom stereocenters. The van der Waals surface area contributed by atoms with E-state index in [0.717, 1.165) is 21.6 Å². The van der Waals surface area contributed by atoms with Crippen molar-refractivity contribution in [2.75, 3.05) is 5.32 Å². The number of nitrogens with one attached hydrogen (secondary N) is 3. The molecule has 0 saturated carbocycles. The Morgan fingerprint density at radius 1 is 1.23 bits per heavy atom. The second kappa shape index (κ2) is 6.84. The van der Waals surface area contributed by atoms with Crippen LogP contribution in [0.15, 0.2) is 53.4 Å². The molecule has 4 rings (SSSR count). The third-order valence-corrected chi connectivity index (χ3v) is 5.55. The van der Waals surface area contributed by atoms with Gasteiger partial charge in [0.25, 0.3) is 0 Å². The molecule has 6 nitrogen and oxygen atoms in total. The molecule has 2 amide bonds. The number of nitrogens with zero attached hydrogens (tertiary/aromatic N) is 1. The molecule has 0 fully saturated rings. The lowest BCUT2D eigenvalue weighted by atomic mass is 10.2. The highest BCUT2D eigenvalue weighted by Gasteiger charge is 2.29. The number of thioether (sulfide) groups is 1. The van der Waals surface area contributed by atoms with E-state index in [1.165, 1.54) is 11.8 Å². The van der Waals surface area contributed by atoms with Gasteiger partial charge in [-0.25, -0.2) is 4.98 Å². The van der Waals surface area contributed by atoms with Gasteiger partial charge in [0.2, 0.25) is 11.8 Å². The van der Waals surface area contributed by atoms with E-state index in [1.54, 1.807) is 0 Å². The van der Waals surface area contributed by atoms with Crippen molar-refractivity contribution in [3.8, 4) is 0 Å². The fourth-order valence-corrected chi connectivity index (χ4v) is 4.05. The fraction of sp³-hybridized carbons (Fsp3) is 0.211. The van der Waals surface area contributed by atoms with Crippen molar-refractivity contribution in [3.63, 3.8) is 0 Å². The van der Waals surface area contributed by atoms with Crippen molar-refractivity contribution in [2.45, 2.75) is 29.5 Å². The van der Waals surface area contributed by atoms with E-state index in [2.05, 4.69) is 20.6 Å². The molecule has 3 N–H and O–H groups in total. The van der Waals surface area contributed by atoms with Gasteiger partial charge in [0, 0.05) is 11.3 Å². The first-order valence-electron chi connectivity index (χ1n) is 8.41. The Morgan fingerprint density at radius 2 is 2.00 bits per heavy atom. The molecule has 0 saturated heterocycles. The summed E-state index contributed by atoms with van der Waals surface area (Å²) in [6.45, 7) is 1.87. The average molecular weight is 366 g/mol. The van der Waals surface area contributed by atoms with Crippen LogP contribution in [0.2, 0.25) is 0 Å². The Morgan fingerprint density at radius 3 is 2.85 bits per heavy atom. The maximum atomic E-state index is 12.4. The monoisotopic (exact) mass is 366 g/mol. The molecular weight excluding hydrogens is 348 g/mol. The van der Waals surface area contributed by atoms with Gasteiger partial charge in [-0.05, 0) is 31.2 Å². The second-order valence-electron chi connectivity index (χ2n) is 6.22. The van der Waals surface area contributed by atoms with Crippen LogP contribution in [-0.4, -0.2) is 27.0 Å². The van der Waals surface area contributed by atoms with Crippen LogP contribution in [0.3, 0.4) is 0 Å². The van der Waals surface area contributed by atoms with E-state index in [0.29, 0.717) is 5.82 Å². The number of carbonyl (C=O) groups excluding carboxylic acids is 2. The maximum absolute atomic E-state index is 12.4. The molecule has 132 valence electrons. The zero-order chi connectivity index (χ0) is 18.1. The Kier molecular flexibility index (Phi) is 4.38. The van der Waals surface area contributed by atoms with Gasteiger partial charge in [-0.1, -0.05) is 24.3 Å². The lowest BCUT2D eigenvalue weighted by molar-refractivity contribution is -0.124. The van der Waals surface area contributed by atoms with Crippen LogP contribution < -0.4 is 10.6 Å². The lowest BCUT2D eigenvalue weighted by Crippen LogP contribution is -2.36. The van der Waals surface area contributed by atoms with Crippen LogP contribution in [0.1, 0.15) is 25.2 Å². The molecule has 2 atom stereocenters. The SMILES string of the molecule is C[C@H](NC(=O)C[C@@H]1Sc2ccccc2NC1=O)c1nc2ccccc2[nH]1. The highest BCUT2D eigenvalue weighted by atomic mass is 32.2. The van der Waals surface area contributed by atoms with E-state index in [9.17, 15) is 9.59 Å². The summed E-state index contributed by atoms with van der Waals surface area (Å²) in [5, 5.41) is 5.35. The number of carbonyl (C=O) groups is 2. The average Bonchev–Trinajstić information content (AvgIpc) is 3.06. The molecule has 7 heteroatoms. The first-order valence-corrected chi connectivity index (χ1v) is 9.28. The summed E-state index contributed by atoms with van der Waals surface area (Å²) in [5.74, 6) is 0.385.